The highest BCUT2D eigenvalue weighted by Crippen LogP contribution is 2.44. The van der Waals surface area contributed by atoms with E-state index in [2.05, 4.69) is 39.8 Å². The van der Waals surface area contributed by atoms with E-state index >= 15 is 0 Å². The molecule has 2 rings (SSSR count). The van der Waals surface area contributed by atoms with E-state index < -0.39 is 0 Å². The standard InChI is InChI=1S/C17H26O2/c1-6-7-8-13-11-17(3,4)14-10-15(18-5)12(2)9-16(14)19-13/h9-10,13H,6-8,11H2,1-5H3. The van der Waals surface area contributed by atoms with E-state index in [9.17, 15) is 0 Å². The highest BCUT2D eigenvalue weighted by atomic mass is 16.5. The first-order chi connectivity index (χ1) is 8.97. The van der Waals surface area contributed by atoms with Gasteiger partial charge in [-0.05, 0) is 42.9 Å². The van der Waals surface area contributed by atoms with Crippen molar-refractivity contribution in [3.8, 4) is 11.5 Å². The molecule has 1 aromatic carbocycles. The van der Waals surface area contributed by atoms with Gasteiger partial charge in [-0.2, -0.15) is 0 Å². The largest absolute Gasteiger partial charge is 0.496 e. The van der Waals surface area contributed by atoms with Gasteiger partial charge in [0.1, 0.15) is 11.5 Å². The van der Waals surface area contributed by atoms with Gasteiger partial charge in [-0.3, -0.25) is 0 Å². The van der Waals surface area contributed by atoms with Gasteiger partial charge in [0.05, 0.1) is 13.2 Å². The van der Waals surface area contributed by atoms with Gasteiger partial charge in [0.15, 0.2) is 0 Å². The zero-order chi connectivity index (χ0) is 14.0. The van der Waals surface area contributed by atoms with Crippen molar-refractivity contribution in [2.45, 2.75) is 64.9 Å². The lowest BCUT2D eigenvalue weighted by atomic mass is 9.76. The molecule has 0 saturated heterocycles. The molecule has 1 heterocycles. The van der Waals surface area contributed by atoms with Gasteiger partial charge in [0.2, 0.25) is 0 Å². The molecule has 0 aromatic heterocycles. The average molecular weight is 262 g/mol. The number of hydrogen-bond acceptors (Lipinski definition) is 2. The zero-order valence-electron chi connectivity index (χ0n) is 12.9. The average Bonchev–Trinajstić information content (AvgIpc) is 2.34. The van der Waals surface area contributed by atoms with Crippen LogP contribution in [-0.4, -0.2) is 13.2 Å². The van der Waals surface area contributed by atoms with Crippen molar-refractivity contribution in [2.24, 2.45) is 0 Å². The van der Waals surface area contributed by atoms with E-state index in [-0.39, 0.29) is 5.41 Å². The minimum Gasteiger partial charge on any atom is -0.496 e. The van der Waals surface area contributed by atoms with Crippen molar-refractivity contribution >= 4 is 0 Å². The Morgan fingerprint density at radius 2 is 2.11 bits per heavy atom. The van der Waals surface area contributed by atoms with Gasteiger partial charge >= 0.3 is 0 Å². The molecule has 2 nitrogen and oxygen atoms in total. The zero-order valence-corrected chi connectivity index (χ0v) is 12.9. The molecule has 0 radical (unpaired) electrons. The number of ether oxygens (including phenoxy) is 2. The Morgan fingerprint density at radius 1 is 1.37 bits per heavy atom. The summed E-state index contributed by atoms with van der Waals surface area (Å²) in [5, 5.41) is 0. The highest BCUT2D eigenvalue weighted by molar-refractivity contribution is 5.50. The maximum Gasteiger partial charge on any atom is 0.123 e. The Labute approximate surface area is 117 Å². The monoisotopic (exact) mass is 262 g/mol. The fraction of sp³-hybridized carbons (Fsp3) is 0.647. The summed E-state index contributed by atoms with van der Waals surface area (Å²) in [6.07, 6.45) is 5.08. The molecule has 0 saturated carbocycles. The minimum absolute atomic E-state index is 0.160. The summed E-state index contributed by atoms with van der Waals surface area (Å²) in [6, 6.07) is 4.29. The second-order valence-electron chi connectivity index (χ2n) is 6.29. The molecule has 0 bridgehead atoms. The van der Waals surface area contributed by atoms with Gasteiger partial charge in [-0.1, -0.05) is 33.6 Å². The summed E-state index contributed by atoms with van der Waals surface area (Å²) < 4.78 is 11.6. The Balaban J connectivity index is 2.33. The van der Waals surface area contributed by atoms with Crippen LogP contribution >= 0.6 is 0 Å². The van der Waals surface area contributed by atoms with Crippen LogP contribution in [-0.2, 0) is 5.41 Å². The molecule has 1 aromatic rings. The SMILES string of the molecule is CCCCC1CC(C)(C)c2cc(OC)c(C)cc2O1. The number of methoxy groups -OCH3 is 1. The molecule has 0 N–H and O–H groups in total. The third-order valence-electron chi connectivity index (χ3n) is 4.14. The molecule has 1 unspecified atom stereocenters. The van der Waals surface area contributed by atoms with Crippen molar-refractivity contribution in [2.75, 3.05) is 7.11 Å². The Bertz CT molecular complexity index is 449. The van der Waals surface area contributed by atoms with Crippen LogP contribution in [0.15, 0.2) is 12.1 Å². The molecule has 19 heavy (non-hydrogen) atoms. The summed E-state index contributed by atoms with van der Waals surface area (Å²) in [5.74, 6) is 2.01. The maximum absolute atomic E-state index is 6.19. The smallest absolute Gasteiger partial charge is 0.123 e. The summed E-state index contributed by atoms with van der Waals surface area (Å²) in [5.41, 5.74) is 2.59. The Kier molecular flexibility index (Phi) is 4.07. The summed E-state index contributed by atoms with van der Waals surface area (Å²) in [6.45, 7) is 8.92. The topological polar surface area (TPSA) is 18.5 Å². The van der Waals surface area contributed by atoms with E-state index in [0.29, 0.717) is 6.10 Å². The molecular weight excluding hydrogens is 236 g/mol. The third-order valence-corrected chi connectivity index (χ3v) is 4.14. The van der Waals surface area contributed by atoms with Crippen molar-refractivity contribution in [3.63, 3.8) is 0 Å². The van der Waals surface area contributed by atoms with E-state index in [1.165, 1.54) is 18.4 Å². The molecule has 0 spiro atoms. The summed E-state index contributed by atoms with van der Waals surface area (Å²) in [7, 11) is 1.73. The van der Waals surface area contributed by atoms with Crippen LogP contribution in [0.5, 0.6) is 11.5 Å². The van der Waals surface area contributed by atoms with Crippen molar-refractivity contribution in [1.82, 2.24) is 0 Å². The normalized spacial score (nSPS) is 20.6. The number of unbranched alkanes of at least 4 members (excludes halogenated alkanes) is 1. The summed E-state index contributed by atoms with van der Waals surface area (Å²) in [4.78, 5) is 0. The van der Waals surface area contributed by atoms with Crippen LogP contribution in [0.3, 0.4) is 0 Å². The van der Waals surface area contributed by atoms with Crippen LogP contribution in [0, 0.1) is 6.92 Å². The van der Waals surface area contributed by atoms with Gasteiger partial charge in [-0.25, -0.2) is 0 Å². The van der Waals surface area contributed by atoms with Gasteiger partial charge in [0, 0.05) is 5.56 Å². The van der Waals surface area contributed by atoms with Crippen LogP contribution in [0.2, 0.25) is 0 Å². The predicted molar refractivity (Wildman–Crippen MR) is 79.3 cm³/mol. The Morgan fingerprint density at radius 3 is 2.74 bits per heavy atom. The van der Waals surface area contributed by atoms with Gasteiger partial charge < -0.3 is 9.47 Å². The predicted octanol–water partition coefficient (Wildman–Crippen LogP) is 4.62. The minimum atomic E-state index is 0.160. The number of benzene rings is 1. The molecule has 0 aliphatic carbocycles. The first kappa shape index (κ1) is 14.2. The van der Waals surface area contributed by atoms with E-state index in [1.54, 1.807) is 7.11 Å². The molecule has 1 aliphatic rings. The lowest BCUT2D eigenvalue weighted by Gasteiger charge is -2.38. The number of rotatable bonds is 4. The first-order valence-corrected chi connectivity index (χ1v) is 7.33. The van der Waals surface area contributed by atoms with Crippen molar-refractivity contribution in [3.05, 3.63) is 23.3 Å². The van der Waals surface area contributed by atoms with Gasteiger partial charge in [-0.15, -0.1) is 0 Å². The van der Waals surface area contributed by atoms with E-state index in [4.69, 9.17) is 9.47 Å². The fourth-order valence-corrected chi connectivity index (χ4v) is 3.00. The van der Waals surface area contributed by atoms with Crippen molar-refractivity contribution in [1.29, 1.82) is 0 Å². The number of fused-ring (bicyclic) bond motifs is 1. The van der Waals surface area contributed by atoms with E-state index in [0.717, 1.165) is 29.9 Å². The van der Waals surface area contributed by atoms with Crippen LogP contribution in [0.1, 0.15) is 57.6 Å². The second kappa shape index (κ2) is 5.44. The maximum atomic E-state index is 6.19. The molecule has 0 fully saturated rings. The summed E-state index contributed by atoms with van der Waals surface area (Å²) >= 11 is 0. The number of aryl methyl sites for hydroxylation is 1. The quantitative estimate of drug-likeness (QED) is 0.788. The van der Waals surface area contributed by atoms with Crippen LogP contribution in [0.4, 0.5) is 0 Å². The molecule has 2 heteroatoms. The molecular formula is C17H26O2. The third kappa shape index (κ3) is 2.88. The van der Waals surface area contributed by atoms with Crippen molar-refractivity contribution < 1.29 is 9.47 Å². The first-order valence-electron chi connectivity index (χ1n) is 7.33. The Hall–Kier alpha value is -1.18. The molecule has 1 atom stereocenters. The van der Waals surface area contributed by atoms with E-state index in [1.807, 2.05) is 0 Å². The molecule has 0 amide bonds. The highest BCUT2D eigenvalue weighted by Gasteiger charge is 2.34. The van der Waals surface area contributed by atoms with Crippen LogP contribution in [0.25, 0.3) is 0 Å². The molecule has 106 valence electrons. The molecule has 1 aliphatic heterocycles. The number of hydrogen-bond donors (Lipinski definition) is 0. The lowest BCUT2D eigenvalue weighted by Crippen LogP contribution is -2.34. The van der Waals surface area contributed by atoms with Crippen LogP contribution < -0.4 is 9.47 Å². The fourth-order valence-electron chi connectivity index (χ4n) is 3.00. The van der Waals surface area contributed by atoms with Gasteiger partial charge in [0.25, 0.3) is 0 Å². The lowest BCUT2D eigenvalue weighted by molar-refractivity contribution is 0.123. The second-order valence-corrected chi connectivity index (χ2v) is 6.29.